The van der Waals surface area contributed by atoms with Crippen LogP contribution in [0.5, 0.6) is 5.88 Å². The minimum atomic E-state index is -2.92. The van der Waals surface area contributed by atoms with Crippen molar-refractivity contribution in [2.24, 2.45) is 11.3 Å². The van der Waals surface area contributed by atoms with Crippen LogP contribution >= 0.6 is 0 Å². The van der Waals surface area contributed by atoms with Crippen molar-refractivity contribution >= 4 is 22.8 Å². The number of nitrogens with one attached hydrogen (secondary N) is 2. The van der Waals surface area contributed by atoms with E-state index in [0.29, 0.717) is 22.7 Å². The smallest absolute Gasteiger partial charge is 0.388 e. The molecule has 0 aromatic carbocycles. The first-order valence-electron chi connectivity index (χ1n) is 8.04. The zero-order chi connectivity index (χ0) is 17.0. The lowest BCUT2D eigenvalue weighted by atomic mass is 9.44. The summed E-state index contributed by atoms with van der Waals surface area (Å²) in [6.07, 6.45) is 7.11. The van der Waals surface area contributed by atoms with Crippen LogP contribution in [0.25, 0.3) is 11.2 Å². The second-order valence-corrected chi connectivity index (χ2v) is 6.87. The summed E-state index contributed by atoms with van der Waals surface area (Å²) < 4.78 is 30.5. The molecule has 8 nitrogen and oxygen atoms in total. The minimum Gasteiger partial charge on any atom is -0.415 e. The summed E-state index contributed by atoms with van der Waals surface area (Å²) >= 11 is 0. The predicted octanol–water partition coefficient (Wildman–Crippen LogP) is 2.69. The van der Waals surface area contributed by atoms with E-state index in [4.69, 9.17) is 0 Å². The third-order valence-electron chi connectivity index (χ3n) is 5.02. The molecule has 2 N–H and O–H groups in total. The van der Waals surface area contributed by atoms with Crippen molar-refractivity contribution in [3.05, 3.63) is 18.5 Å². The zero-order valence-electron chi connectivity index (χ0n) is 13.1. The highest BCUT2D eigenvalue weighted by Gasteiger charge is 2.56. The number of ether oxygens (including phenoxy) is 1. The molecule has 0 atom stereocenters. The van der Waals surface area contributed by atoms with Gasteiger partial charge >= 0.3 is 6.61 Å². The van der Waals surface area contributed by atoms with Gasteiger partial charge in [0.25, 0.3) is 0 Å². The second-order valence-electron chi connectivity index (χ2n) is 6.87. The van der Waals surface area contributed by atoms with Crippen LogP contribution in [0.4, 0.5) is 20.4 Å². The fourth-order valence-corrected chi connectivity index (χ4v) is 3.85. The van der Waals surface area contributed by atoms with Gasteiger partial charge in [-0.3, -0.25) is 5.10 Å². The SMILES string of the molecule is FC(F)Oc1cc(Nc2cnc3cnn(CC45CC(C4)C5)c3n2)[nH]n1. The highest BCUT2D eigenvalue weighted by atomic mass is 19.3. The molecule has 3 saturated carbocycles. The van der Waals surface area contributed by atoms with E-state index in [9.17, 15) is 8.78 Å². The maximum Gasteiger partial charge on any atom is 0.388 e. The first kappa shape index (κ1) is 14.6. The van der Waals surface area contributed by atoms with Crippen LogP contribution in [0.1, 0.15) is 19.3 Å². The highest BCUT2D eigenvalue weighted by molar-refractivity contribution is 5.72. The van der Waals surface area contributed by atoms with E-state index in [-0.39, 0.29) is 5.88 Å². The molecule has 0 radical (unpaired) electrons. The molecule has 3 aromatic rings. The van der Waals surface area contributed by atoms with Gasteiger partial charge in [-0.2, -0.15) is 13.9 Å². The van der Waals surface area contributed by atoms with E-state index in [1.165, 1.54) is 25.3 Å². The van der Waals surface area contributed by atoms with Crippen molar-refractivity contribution in [3.63, 3.8) is 0 Å². The Morgan fingerprint density at radius 1 is 1.36 bits per heavy atom. The van der Waals surface area contributed by atoms with Crippen molar-refractivity contribution in [3.8, 4) is 5.88 Å². The van der Waals surface area contributed by atoms with Gasteiger partial charge in [0.1, 0.15) is 11.3 Å². The minimum absolute atomic E-state index is 0.194. The van der Waals surface area contributed by atoms with Gasteiger partial charge in [0.2, 0.25) is 5.88 Å². The molecule has 2 bridgehead atoms. The molecule has 0 saturated heterocycles. The van der Waals surface area contributed by atoms with Gasteiger partial charge in [-0.25, -0.2) is 14.6 Å². The Labute approximate surface area is 140 Å². The Morgan fingerprint density at radius 3 is 2.92 bits per heavy atom. The van der Waals surface area contributed by atoms with Crippen LogP contribution < -0.4 is 10.1 Å². The van der Waals surface area contributed by atoms with Crippen LogP contribution in [0, 0.1) is 11.3 Å². The Bertz CT molecular complexity index is 920. The topological polar surface area (TPSA) is 93.5 Å². The van der Waals surface area contributed by atoms with Gasteiger partial charge < -0.3 is 10.1 Å². The molecule has 0 aliphatic heterocycles. The van der Waals surface area contributed by atoms with E-state index in [0.717, 1.165) is 18.0 Å². The third kappa shape index (κ3) is 2.48. The first-order chi connectivity index (χ1) is 12.1. The predicted molar refractivity (Wildman–Crippen MR) is 83.6 cm³/mol. The molecule has 6 rings (SSSR count). The van der Waals surface area contributed by atoms with Crippen LogP contribution in [0.2, 0.25) is 0 Å². The van der Waals surface area contributed by atoms with Crippen molar-refractivity contribution in [1.29, 1.82) is 0 Å². The number of aromatic nitrogens is 6. The van der Waals surface area contributed by atoms with Crippen LogP contribution in [0.15, 0.2) is 18.5 Å². The van der Waals surface area contributed by atoms with Crippen molar-refractivity contribution in [1.82, 2.24) is 29.9 Å². The number of rotatable bonds is 6. The van der Waals surface area contributed by atoms with Crippen LogP contribution in [-0.4, -0.2) is 36.6 Å². The number of alkyl halides is 2. The number of nitrogens with zero attached hydrogens (tertiary/aromatic N) is 5. The highest BCUT2D eigenvalue weighted by Crippen LogP contribution is 2.65. The lowest BCUT2D eigenvalue weighted by Gasteiger charge is -2.61. The lowest BCUT2D eigenvalue weighted by Crippen LogP contribution is -2.54. The molecule has 130 valence electrons. The zero-order valence-corrected chi connectivity index (χ0v) is 13.1. The summed E-state index contributed by atoms with van der Waals surface area (Å²) in [7, 11) is 0. The monoisotopic (exact) mass is 347 g/mol. The Morgan fingerprint density at radius 2 is 2.20 bits per heavy atom. The molecule has 3 fully saturated rings. The molecule has 0 unspecified atom stereocenters. The number of H-pyrrole nitrogens is 1. The molecule has 0 amide bonds. The average molecular weight is 347 g/mol. The molecule has 25 heavy (non-hydrogen) atoms. The summed E-state index contributed by atoms with van der Waals surface area (Å²) in [6, 6.07) is 1.33. The number of aromatic amines is 1. The van der Waals surface area contributed by atoms with Crippen molar-refractivity contribution in [2.75, 3.05) is 5.32 Å². The van der Waals surface area contributed by atoms with Gasteiger partial charge in [0.15, 0.2) is 11.5 Å². The molecular weight excluding hydrogens is 332 g/mol. The Balaban J connectivity index is 1.37. The van der Waals surface area contributed by atoms with Crippen molar-refractivity contribution < 1.29 is 13.5 Å². The molecule has 10 heteroatoms. The molecule has 3 aromatic heterocycles. The van der Waals surface area contributed by atoms with Crippen molar-refractivity contribution in [2.45, 2.75) is 32.4 Å². The fourth-order valence-electron chi connectivity index (χ4n) is 3.85. The number of hydrogen-bond acceptors (Lipinski definition) is 6. The molecular formula is C15H15F2N7O. The van der Waals surface area contributed by atoms with E-state index >= 15 is 0 Å². The fraction of sp³-hybridized carbons (Fsp3) is 0.467. The summed E-state index contributed by atoms with van der Waals surface area (Å²) in [5, 5.41) is 13.6. The third-order valence-corrected chi connectivity index (χ3v) is 5.02. The van der Waals surface area contributed by atoms with E-state index in [1.54, 1.807) is 12.4 Å². The van der Waals surface area contributed by atoms with E-state index < -0.39 is 6.61 Å². The summed E-state index contributed by atoms with van der Waals surface area (Å²) in [5.41, 5.74) is 1.83. The van der Waals surface area contributed by atoms with Gasteiger partial charge in [0.05, 0.1) is 12.4 Å². The molecule has 3 heterocycles. The molecule has 0 spiro atoms. The number of anilines is 2. The first-order valence-corrected chi connectivity index (χ1v) is 8.04. The number of hydrogen-bond donors (Lipinski definition) is 2. The molecule has 3 aliphatic rings. The van der Waals surface area contributed by atoms with Gasteiger partial charge in [0, 0.05) is 12.6 Å². The Hall–Kier alpha value is -2.78. The van der Waals surface area contributed by atoms with Gasteiger partial charge in [-0.05, 0) is 30.6 Å². The van der Waals surface area contributed by atoms with Gasteiger partial charge in [-0.1, -0.05) is 0 Å². The number of halogens is 2. The lowest BCUT2D eigenvalue weighted by molar-refractivity contribution is -0.119. The average Bonchev–Trinajstić information content (AvgIpc) is 3.08. The van der Waals surface area contributed by atoms with Crippen LogP contribution in [0.3, 0.4) is 0 Å². The summed E-state index contributed by atoms with van der Waals surface area (Å²) in [5.74, 6) is 1.57. The Kier molecular flexibility index (Phi) is 2.97. The maximum atomic E-state index is 12.2. The summed E-state index contributed by atoms with van der Waals surface area (Å²) in [4.78, 5) is 8.90. The standard InChI is InChI=1S/C15H15F2N7O/c16-14(17)25-12-1-10(22-23-12)20-11-6-18-9-5-19-24(13(9)21-11)7-15-2-8(3-15)4-15/h1,5-6,8,14H,2-4,7H2,(H2,20,21,22,23). The second kappa shape index (κ2) is 5.11. The largest absolute Gasteiger partial charge is 0.415 e. The maximum absolute atomic E-state index is 12.2. The molecule has 3 aliphatic carbocycles. The van der Waals surface area contributed by atoms with Gasteiger partial charge in [-0.15, -0.1) is 5.10 Å². The number of fused-ring (bicyclic) bond motifs is 1. The van der Waals surface area contributed by atoms with E-state index in [2.05, 4.69) is 35.3 Å². The normalized spacial score (nSPS) is 24.2. The quantitative estimate of drug-likeness (QED) is 0.712. The van der Waals surface area contributed by atoms with E-state index in [1.807, 2.05) is 4.68 Å². The summed E-state index contributed by atoms with van der Waals surface area (Å²) in [6.45, 7) is -2.06. The van der Waals surface area contributed by atoms with Crippen LogP contribution in [-0.2, 0) is 6.54 Å².